The molecule has 3 rings (SSSR count). The van der Waals surface area contributed by atoms with E-state index in [-0.39, 0.29) is 11.3 Å². The Morgan fingerprint density at radius 2 is 1.72 bits per heavy atom. The summed E-state index contributed by atoms with van der Waals surface area (Å²) in [6.45, 7) is 1.75. The largest absolute Gasteiger partial charge is 0.497 e. The second-order valence-electron chi connectivity index (χ2n) is 7.33. The lowest BCUT2D eigenvalue weighted by molar-refractivity contribution is -0.117. The summed E-state index contributed by atoms with van der Waals surface area (Å²) >= 11 is 0. The van der Waals surface area contributed by atoms with E-state index in [0.29, 0.717) is 22.6 Å². The molecule has 0 aromatic heterocycles. The van der Waals surface area contributed by atoms with Gasteiger partial charge < -0.3 is 10.1 Å². The van der Waals surface area contributed by atoms with E-state index in [1.54, 1.807) is 55.5 Å². The first-order valence-electron chi connectivity index (χ1n) is 9.95. The van der Waals surface area contributed by atoms with Crippen LogP contribution in [0.3, 0.4) is 0 Å². The van der Waals surface area contributed by atoms with Crippen LogP contribution >= 0.6 is 0 Å². The van der Waals surface area contributed by atoms with Crippen molar-refractivity contribution in [3.05, 3.63) is 89.7 Å². The van der Waals surface area contributed by atoms with Crippen molar-refractivity contribution < 1.29 is 22.3 Å². The van der Waals surface area contributed by atoms with E-state index in [0.717, 1.165) is 0 Å². The van der Waals surface area contributed by atoms with Gasteiger partial charge in [-0.2, -0.15) is 4.31 Å². The van der Waals surface area contributed by atoms with Crippen molar-refractivity contribution in [1.82, 2.24) is 4.31 Å². The first-order chi connectivity index (χ1) is 15.2. The van der Waals surface area contributed by atoms with Gasteiger partial charge in [0.15, 0.2) is 0 Å². The average molecular weight is 457 g/mol. The van der Waals surface area contributed by atoms with Gasteiger partial charge in [0.25, 0.3) is 0 Å². The maximum absolute atomic E-state index is 13.6. The molecule has 0 unspecified atom stereocenters. The Bertz CT molecular complexity index is 1180. The summed E-state index contributed by atoms with van der Waals surface area (Å²) in [7, 11) is -0.896. The number of anilines is 1. The molecule has 8 heteroatoms. The number of carbonyl (C=O) groups excluding carboxylic acids is 1. The van der Waals surface area contributed by atoms with Crippen molar-refractivity contribution in [2.75, 3.05) is 19.5 Å². The van der Waals surface area contributed by atoms with Crippen LogP contribution in [0.5, 0.6) is 5.75 Å². The fourth-order valence-corrected chi connectivity index (χ4v) is 4.68. The smallest absolute Gasteiger partial charge is 0.243 e. The van der Waals surface area contributed by atoms with Crippen molar-refractivity contribution in [2.24, 2.45) is 0 Å². The predicted octanol–water partition coefficient (Wildman–Crippen LogP) is 4.53. The lowest BCUT2D eigenvalue weighted by Crippen LogP contribution is -2.34. The van der Waals surface area contributed by atoms with Crippen LogP contribution in [0.1, 0.15) is 23.6 Å². The second kappa shape index (κ2) is 9.93. The van der Waals surface area contributed by atoms with Gasteiger partial charge in [0.05, 0.1) is 18.0 Å². The highest BCUT2D eigenvalue weighted by Gasteiger charge is 2.31. The van der Waals surface area contributed by atoms with Gasteiger partial charge in [-0.3, -0.25) is 4.79 Å². The lowest BCUT2D eigenvalue weighted by Gasteiger charge is -2.28. The highest BCUT2D eigenvalue weighted by molar-refractivity contribution is 7.89. The van der Waals surface area contributed by atoms with Crippen molar-refractivity contribution in [1.29, 1.82) is 0 Å². The minimum atomic E-state index is -3.87. The molecule has 168 valence electrons. The summed E-state index contributed by atoms with van der Waals surface area (Å²) < 4.78 is 46.4. The minimum Gasteiger partial charge on any atom is -0.497 e. The molecule has 0 saturated carbocycles. The monoisotopic (exact) mass is 456 g/mol. The molecule has 3 aromatic carbocycles. The Morgan fingerprint density at radius 3 is 2.34 bits per heavy atom. The Morgan fingerprint density at radius 1 is 1.06 bits per heavy atom. The van der Waals surface area contributed by atoms with E-state index in [2.05, 4.69) is 5.32 Å². The highest BCUT2D eigenvalue weighted by Crippen LogP contribution is 2.30. The quantitative estimate of drug-likeness (QED) is 0.540. The minimum absolute atomic E-state index is 0.127. The van der Waals surface area contributed by atoms with E-state index in [1.807, 2.05) is 0 Å². The summed E-state index contributed by atoms with van der Waals surface area (Å²) in [6.07, 6.45) is -0.162. The normalized spacial score (nSPS) is 12.4. The van der Waals surface area contributed by atoms with Crippen molar-refractivity contribution in [3.8, 4) is 5.75 Å². The number of nitrogens with one attached hydrogen (secondary N) is 1. The average Bonchev–Trinajstić information content (AvgIpc) is 2.80. The molecule has 0 fully saturated rings. The van der Waals surface area contributed by atoms with E-state index in [1.165, 1.54) is 42.7 Å². The molecule has 3 aromatic rings. The predicted molar refractivity (Wildman–Crippen MR) is 122 cm³/mol. The van der Waals surface area contributed by atoms with Crippen LogP contribution in [-0.4, -0.2) is 32.8 Å². The van der Waals surface area contributed by atoms with E-state index >= 15 is 0 Å². The maximum Gasteiger partial charge on any atom is 0.243 e. The molecule has 6 nitrogen and oxygen atoms in total. The first kappa shape index (κ1) is 23.4. The molecule has 0 aliphatic heterocycles. The van der Waals surface area contributed by atoms with Gasteiger partial charge in [0, 0.05) is 19.2 Å². The number of rotatable bonds is 8. The zero-order chi connectivity index (χ0) is 23.3. The molecule has 0 bridgehead atoms. The number of nitrogens with zero attached hydrogens (tertiary/aromatic N) is 1. The summed E-state index contributed by atoms with van der Waals surface area (Å²) in [4.78, 5) is 13.0. The molecule has 0 radical (unpaired) electrons. The van der Waals surface area contributed by atoms with Crippen molar-refractivity contribution >= 4 is 21.6 Å². The number of amides is 1. The summed E-state index contributed by atoms with van der Waals surface area (Å²) in [6, 6.07) is 18.2. The number of sulfonamides is 1. The molecule has 0 saturated heterocycles. The Kier molecular flexibility index (Phi) is 7.27. The van der Waals surface area contributed by atoms with Crippen LogP contribution in [0.4, 0.5) is 10.1 Å². The van der Waals surface area contributed by atoms with Crippen LogP contribution in [0.2, 0.25) is 0 Å². The molecular weight excluding hydrogens is 431 g/mol. The van der Waals surface area contributed by atoms with Crippen LogP contribution in [0.15, 0.2) is 77.7 Å². The highest BCUT2D eigenvalue weighted by atomic mass is 32.2. The summed E-state index contributed by atoms with van der Waals surface area (Å²) in [5.41, 5.74) is 1.67. The molecular formula is C24H25FN2O4S. The summed E-state index contributed by atoms with van der Waals surface area (Å²) in [5.74, 6) is -0.295. The number of benzene rings is 3. The van der Waals surface area contributed by atoms with Gasteiger partial charge in [-0.1, -0.05) is 36.4 Å². The topological polar surface area (TPSA) is 75.7 Å². The Hall–Kier alpha value is -3.23. The number of aryl methyl sites for hydroxylation is 1. The van der Waals surface area contributed by atoms with Crippen LogP contribution in [-0.2, 0) is 14.8 Å². The second-order valence-corrected chi connectivity index (χ2v) is 9.33. The molecule has 0 spiro atoms. The standard InChI is InChI=1S/C24H25FN2O4S/c1-17-9-12-19(25)15-22(17)26-24(28)16-23(18-10-13-20(31-3)14-11-18)27(2)32(29,30)21-7-5-4-6-8-21/h4-15,23H,16H2,1-3H3,(H,26,28)/t23-/m0/s1. The number of hydrogen-bond acceptors (Lipinski definition) is 4. The van der Waals surface area contributed by atoms with Crippen LogP contribution in [0, 0.1) is 12.7 Å². The van der Waals surface area contributed by atoms with Gasteiger partial charge in [-0.15, -0.1) is 0 Å². The van der Waals surface area contributed by atoms with Crippen molar-refractivity contribution in [3.63, 3.8) is 0 Å². The zero-order valence-electron chi connectivity index (χ0n) is 18.1. The lowest BCUT2D eigenvalue weighted by atomic mass is 10.0. The van der Waals surface area contributed by atoms with Gasteiger partial charge in [0.1, 0.15) is 11.6 Å². The maximum atomic E-state index is 13.6. The number of ether oxygens (including phenoxy) is 1. The molecule has 1 N–H and O–H groups in total. The van der Waals surface area contributed by atoms with E-state index < -0.39 is 27.8 Å². The fourth-order valence-electron chi connectivity index (χ4n) is 3.31. The number of halogens is 1. The number of hydrogen-bond donors (Lipinski definition) is 1. The molecule has 0 aliphatic carbocycles. The third kappa shape index (κ3) is 5.33. The van der Waals surface area contributed by atoms with Gasteiger partial charge in [-0.25, -0.2) is 12.8 Å². The van der Waals surface area contributed by atoms with E-state index in [9.17, 15) is 17.6 Å². The SMILES string of the molecule is COc1ccc([C@H](CC(=O)Nc2cc(F)ccc2C)N(C)S(=O)(=O)c2ccccc2)cc1. The third-order valence-electron chi connectivity index (χ3n) is 5.21. The number of methoxy groups -OCH3 is 1. The Labute approximate surface area is 187 Å². The Balaban J connectivity index is 1.93. The molecule has 0 aliphatic rings. The first-order valence-corrected chi connectivity index (χ1v) is 11.4. The van der Waals surface area contributed by atoms with Crippen molar-refractivity contribution in [2.45, 2.75) is 24.3 Å². The van der Waals surface area contributed by atoms with Gasteiger partial charge >= 0.3 is 0 Å². The fraction of sp³-hybridized carbons (Fsp3) is 0.208. The molecule has 32 heavy (non-hydrogen) atoms. The van der Waals surface area contributed by atoms with Gasteiger partial charge in [-0.05, 0) is 54.4 Å². The van der Waals surface area contributed by atoms with Crippen LogP contribution < -0.4 is 10.1 Å². The zero-order valence-corrected chi connectivity index (χ0v) is 18.9. The summed E-state index contributed by atoms with van der Waals surface area (Å²) in [5, 5.41) is 2.69. The van der Waals surface area contributed by atoms with E-state index in [4.69, 9.17) is 4.74 Å². The molecule has 1 atom stereocenters. The third-order valence-corrected chi connectivity index (χ3v) is 7.09. The number of carbonyl (C=O) groups is 1. The molecule has 0 heterocycles. The van der Waals surface area contributed by atoms with Crippen LogP contribution in [0.25, 0.3) is 0 Å². The van der Waals surface area contributed by atoms with Gasteiger partial charge in [0.2, 0.25) is 15.9 Å². The molecule has 1 amide bonds.